The molecule has 4 rings (SSSR count). The third-order valence-corrected chi connectivity index (χ3v) is 9.13. The molecule has 0 aromatic heterocycles. The predicted octanol–water partition coefficient (Wildman–Crippen LogP) is -3.03. The number of carbonyl (C=O) groups excluding carboxylic acids is 6. The molecule has 4 fully saturated rings. The van der Waals surface area contributed by atoms with Crippen molar-refractivity contribution in [3.63, 3.8) is 0 Å². The van der Waals surface area contributed by atoms with Gasteiger partial charge in [-0.1, -0.05) is 19.8 Å². The lowest BCUT2D eigenvalue weighted by atomic mass is 9.59. The van der Waals surface area contributed by atoms with E-state index >= 15 is 0 Å². The van der Waals surface area contributed by atoms with E-state index in [1.807, 2.05) is 6.92 Å². The number of piperidine rings is 1. The zero-order valence-electron chi connectivity index (χ0n) is 24.0. The summed E-state index contributed by atoms with van der Waals surface area (Å²) >= 11 is 0. The first-order valence-electron chi connectivity index (χ1n) is 14.8. The van der Waals surface area contributed by atoms with Gasteiger partial charge < -0.3 is 38.1 Å². The third-order valence-electron chi connectivity index (χ3n) is 9.13. The van der Waals surface area contributed by atoms with Crippen molar-refractivity contribution in [3.8, 4) is 0 Å². The summed E-state index contributed by atoms with van der Waals surface area (Å²) in [6.45, 7) is 2.57. The van der Waals surface area contributed by atoms with E-state index in [1.165, 1.54) is 0 Å². The molecule has 3 unspecified atom stereocenters. The number of guanidine groups is 1. The number of nitrogens with zero attached hydrogens (tertiary/aromatic N) is 1. The fourth-order valence-corrected chi connectivity index (χ4v) is 6.98. The van der Waals surface area contributed by atoms with Crippen LogP contribution in [0, 0.1) is 16.7 Å². The Balaban J connectivity index is 1.62. The molecule has 0 aromatic rings. The smallest absolute Gasteiger partial charge is 0.240 e. The number of Topliss-reactive ketones (excluding diaryl/α,β-unsaturated/α-hetero) is 2. The lowest BCUT2D eigenvalue weighted by molar-refractivity contribution is -0.156. The van der Waals surface area contributed by atoms with Crippen LogP contribution >= 0.6 is 0 Å². The molecule has 4 heterocycles. The summed E-state index contributed by atoms with van der Waals surface area (Å²) < 4.78 is 0. The summed E-state index contributed by atoms with van der Waals surface area (Å²) in [6.07, 6.45) is 3.34. The molecule has 15 nitrogen and oxygen atoms in total. The van der Waals surface area contributed by atoms with Crippen LogP contribution in [0.15, 0.2) is 0 Å². The SMILES string of the molecule is CCCC[C@@H]1NC[C@H](C(=O)C2CCC3(C[C@H](C(N)=O)NC(=O)[C@@H]3CCCNC(=N)N)C(=O)[C@H]3CN2CC(=O)N3)NC1=O. The second-order valence-electron chi connectivity index (χ2n) is 11.9. The molecule has 42 heavy (non-hydrogen) atoms. The van der Waals surface area contributed by atoms with E-state index in [1.54, 1.807) is 4.90 Å². The standard InChI is InChI=1S/C27H43N9O6/c1-2-3-6-15-25(42)35-17(11-32-15)21(38)19-7-8-27(22(39)18-12-36(19)13-20(37)33-18)10-16(23(28)40)34-24(41)14(27)5-4-9-31-26(29)30/h14-19,32H,2-13H2,1H3,(H2,28,40)(H,33,37)(H,34,41)(H,35,42)(H4,29,30,31)/t14-,15-,16+,17+,18+,19?,27?/m0/s1. The number of rotatable bonds is 10. The number of nitrogens with one attached hydrogen (secondary N) is 6. The molecule has 4 saturated heterocycles. The average Bonchev–Trinajstić information content (AvgIpc) is 2.94. The molecule has 0 radical (unpaired) electrons. The largest absolute Gasteiger partial charge is 0.370 e. The Morgan fingerprint density at radius 3 is 2.45 bits per heavy atom. The normalized spacial score (nSPS) is 34.8. The highest BCUT2D eigenvalue weighted by molar-refractivity contribution is 6.02. The van der Waals surface area contributed by atoms with Gasteiger partial charge in [0.25, 0.3) is 0 Å². The maximum absolute atomic E-state index is 14.2. The molecular formula is C27H43N9O6. The summed E-state index contributed by atoms with van der Waals surface area (Å²) in [4.78, 5) is 81.1. The van der Waals surface area contributed by atoms with Crippen molar-refractivity contribution in [1.82, 2.24) is 31.5 Å². The van der Waals surface area contributed by atoms with Gasteiger partial charge in [0.1, 0.15) is 18.1 Å². The van der Waals surface area contributed by atoms with Gasteiger partial charge in [-0.15, -0.1) is 0 Å². The molecule has 4 aliphatic heterocycles. The Morgan fingerprint density at radius 1 is 1.05 bits per heavy atom. The molecule has 2 bridgehead atoms. The number of hydrogen-bond acceptors (Lipinski definition) is 9. The fourth-order valence-electron chi connectivity index (χ4n) is 6.98. The lowest BCUT2D eigenvalue weighted by Gasteiger charge is -2.50. The third kappa shape index (κ3) is 6.56. The van der Waals surface area contributed by atoms with Crippen molar-refractivity contribution in [3.05, 3.63) is 0 Å². The molecule has 0 aromatic carbocycles. The zero-order chi connectivity index (χ0) is 30.6. The Morgan fingerprint density at radius 2 is 1.79 bits per heavy atom. The van der Waals surface area contributed by atoms with Crippen LogP contribution < -0.4 is 38.1 Å². The highest BCUT2D eigenvalue weighted by Gasteiger charge is 2.58. The minimum absolute atomic E-state index is 0.0498. The van der Waals surface area contributed by atoms with E-state index in [-0.39, 0.29) is 74.8 Å². The molecular weight excluding hydrogens is 546 g/mol. The van der Waals surface area contributed by atoms with Gasteiger partial charge in [0.2, 0.25) is 23.6 Å². The van der Waals surface area contributed by atoms with Gasteiger partial charge in [-0.05, 0) is 38.5 Å². The second-order valence-corrected chi connectivity index (χ2v) is 11.9. The van der Waals surface area contributed by atoms with Crippen molar-refractivity contribution in [2.24, 2.45) is 22.8 Å². The van der Waals surface area contributed by atoms with Gasteiger partial charge in [-0.3, -0.25) is 39.1 Å². The van der Waals surface area contributed by atoms with Crippen molar-refractivity contribution >= 4 is 41.2 Å². The molecule has 0 saturated carbocycles. The highest BCUT2D eigenvalue weighted by Crippen LogP contribution is 2.47. The van der Waals surface area contributed by atoms with Crippen molar-refractivity contribution < 1.29 is 28.8 Å². The Bertz CT molecular complexity index is 1130. The van der Waals surface area contributed by atoms with Gasteiger partial charge in [0.05, 0.1) is 24.5 Å². The summed E-state index contributed by atoms with van der Waals surface area (Å²) in [5.74, 6) is -3.64. The van der Waals surface area contributed by atoms with Crippen LogP contribution in [0.25, 0.3) is 0 Å². The van der Waals surface area contributed by atoms with Gasteiger partial charge in [0, 0.05) is 25.0 Å². The number of carbonyl (C=O) groups is 6. The number of nitrogens with two attached hydrogens (primary N) is 2. The predicted molar refractivity (Wildman–Crippen MR) is 151 cm³/mol. The number of hydrogen-bond donors (Lipinski definition) is 8. The van der Waals surface area contributed by atoms with Crippen LogP contribution in [0.4, 0.5) is 0 Å². The van der Waals surface area contributed by atoms with E-state index in [9.17, 15) is 28.8 Å². The molecule has 1 spiro atoms. The first kappa shape index (κ1) is 31.3. The summed E-state index contributed by atoms with van der Waals surface area (Å²) in [7, 11) is 0. The van der Waals surface area contributed by atoms with Crippen LogP contribution in [0.1, 0.15) is 58.3 Å². The van der Waals surface area contributed by atoms with E-state index in [4.69, 9.17) is 16.9 Å². The van der Waals surface area contributed by atoms with E-state index in [2.05, 4.69) is 26.6 Å². The quantitative estimate of drug-likeness (QED) is 0.0728. The second kappa shape index (κ2) is 13.2. The van der Waals surface area contributed by atoms with Crippen molar-refractivity contribution in [1.29, 1.82) is 5.41 Å². The minimum Gasteiger partial charge on any atom is -0.370 e. The molecule has 8 atom stereocenters. The van der Waals surface area contributed by atoms with Gasteiger partial charge in [0.15, 0.2) is 17.5 Å². The molecule has 15 heteroatoms. The molecule has 232 valence electrons. The summed E-state index contributed by atoms with van der Waals surface area (Å²) in [5.41, 5.74) is 9.61. The minimum atomic E-state index is -1.36. The van der Waals surface area contributed by atoms with E-state index < -0.39 is 53.2 Å². The highest BCUT2D eigenvalue weighted by atomic mass is 16.2. The van der Waals surface area contributed by atoms with Gasteiger partial charge in [-0.25, -0.2) is 0 Å². The topological polar surface area (TPSA) is 242 Å². The Hall–Kier alpha value is -3.59. The number of primary amides is 1. The molecule has 10 N–H and O–H groups in total. The van der Waals surface area contributed by atoms with Crippen molar-refractivity contribution in [2.75, 3.05) is 26.2 Å². The van der Waals surface area contributed by atoms with E-state index in [0.717, 1.165) is 12.8 Å². The van der Waals surface area contributed by atoms with Crippen molar-refractivity contribution in [2.45, 2.75) is 88.5 Å². The zero-order valence-corrected chi connectivity index (χ0v) is 24.0. The maximum atomic E-state index is 14.2. The fraction of sp³-hybridized carbons (Fsp3) is 0.741. The number of unbranched alkanes of at least 4 members (excludes halogenated alkanes) is 1. The van der Waals surface area contributed by atoms with Crippen LogP contribution in [0.3, 0.4) is 0 Å². The van der Waals surface area contributed by atoms with Crippen LogP contribution in [-0.4, -0.2) is 102 Å². The molecule has 0 aliphatic carbocycles. The number of piperazine rings is 2. The first-order valence-corrected chi connectivity index (χ1v) is 14.8. The lowest BCUT2D eigenvalue weighted by Crippen LogP contribution is -2.70. The monoisotopic (exact) mass is 589 g/mol. The maximum Gasteiger partial charge on any atom is 0.240 e. The molecule has 4 amide bonds. The van der Waals surface area contributed by atoms with Crippen LogP contribution in [0.5, 0.6) is 0 Å². The summed E-state index contributed by atoms with van der Waals surface area (Å²) in [5, 5.41) is 21.5. The Kier molecular flexibility index (Phi) is 9.82. The number of ketones is 2. The van der Waals surface area contributed by atoms with Gasteiger partial charge in [-0.2, -0.15) is 0 Å². The number of amides is 4. The first-order chi connectivity index (χ1) is 20.0. The van der Waals surface area contributed by atoms with Crippen LogP contribution in [0.2, 0.25) is 0 Å². The van der Waals surface area contributed by atoms with Gasteiger partial charge >= 0.3 is 0 Å². The van der Waals surface area contributed by atoms with E-state index in [0.29, 0.717) is 19.4 Å². The Labute approximate surface area is 244 Å². The molecule has 4 aliphatic rings. The van der Waals surface area contributed by atoms with Crippen LogP contribution in [-0.2, 0) is 28.8 Å². The average molecular weight is 590 g/mol. The summed E-state index contributed by atoms with van der Waals surface area (Å²) in [6, 6.07) is -4.05. The number of fused-ring (bicyclic) bond motifs is 2.